The number of benzene rings is 1. The standard InChI is InChI=1S/C13H19FO2S/c1-2-3-8-16-9-12(15)10-17-13-6-4-11(14)5-7-13/h4-7,12,15H,2-3,8-10H2,1H3. The summed E-state index contributed by atoms with van der Waals surface area (Å²) in [5.74, 6) is 0.329. The molecule has 1 atom stereocenters. The van der Waals surface area contributed by atoms with Crippen LogP contribution in [0.25, 0.3) is 0 Å². The monoisotopic (exact) mass is 258 g/mol. The van der Waals surface area contributed by atoms with Gasteiger partial charge in [-0.05, 0) is 30.7 Å². The van der Waals surface area contributed by atoms with Crippen molar-refractivity contribution in [2.45, 2.75) is 30.8 Å². The van der Waals surface area contributed by atoms with Crippen molar-refractivity contribution in [3.8, 4) is 0 Å². The summed E-state index contributed by atoms with van der Waals surface area (Å²) in [5.41, 5.74) is 0. The number of rotatable bonds is 8. The number of hydrogen-bond acceptors (Lipinski definition) is 3. The van der Waals surface area contributed by atoms with Gasteiger partial charge in [0.1, 0.15) is 5.82 Å². The van der Waals surface area contributed by atoms with Crippen molar-refractivity contribution in [3.05, 3.63) is 30.1 Å². The summed E-state index contributed by atoms with van der Waals surface area (Å²) in [7, 11) is 0. The molecule has 0 bridgehead atoms. The van der Waals surface area contributed by atoms with E-state index in [1.807, 2.05) is 0 Å². The zero-order valence-electron chi connectivity index (χ0n) is 10.1. The summed E-state index contributed by atoms with van der Waals surface area (Å²) in [6.07, 6.45) is 1.65. The Hall–Kier alpha value is -0.580. The molecule has 0 aromatic heterocycles. The van der Waals surface area contributed by atoms with Crippen LogP contribution in [0.5, 0.6) is 0 Å². The minimum atomic E-state index is -0.470. The van der Waals surface area contributed by atoms with Gasteiger partial charge in [0, 0.05) is 17.3 Å². The lowest BCUT2D eigenvalue weighted by Gasteiger charge is -2.10. The summed E-state index contributed by atoms with van der Waals surface area (Å²) in [4.78, 5) is 0.957. The molecule has 0 radical (unpaired) electrons. The number of ether oxygens (including phenoxy) is 1. The maximum absolute atomic E-state index is 12.6. The highest BCUT2D eigenvalue weighted by atomic mass is 32.2. The minimum absolute atomic E-state index is 0.238. The predicted octanol–water partition coefficient (Wildman–Crippen LogP) is 3.10. The van der Waals surface area contributed by atoms with E-state index in [-0.39, 0.29) is 5.82 Å². The topological polar surface area (TPSA) is 29.5 Å². The Kier molecular flexibility index (Phi) is 7.24. The second-order valence-electron chi connectivity index (χ2n) is 3.85. The Bertz CT molecular complexity index is 303. The Labute approximate surface area is 106 Å². The lowest BCUT2D eigenvalue weighted by atomic mass is 10.3. The summed E-state index contributed by atoms with van der Waals surface area (Å²) < 4.78 is 18.0. The maximum atomic E-state index is 12.6. The van der Waals surface area contributed by atoms with Crippen molar-refractivity contribution < 1.29 is 14.2 Å². The van der Waals surface area contributed by atoms with Crippen LogP contribution in [0.15, 0.2) is 29.2 Å². The second-order valence-corrected chi connectivity index (χ2v) is 4.94. The largest absolute Gasteiger partial charge is 0.390 e. The van der Waals surface area contributed by atoms with Gasteiger partial charge in [-0.1, -0.05) is 13.3 Å². The van der Waals surface area contributed by atoms with Crippen molar-refractivity contribution >= 4 is 11.8 Å². The summed E-state index contributed by atoms with van der Waals surface area (Å²) in [6, 6.07) is 6.27. The van der Waals surface area contributed by atoms with Gasteiger partial charge in [-0.15, -0.1) is 11.8 Å². The molecule has 1 aromatic carbocycles. The fourth-order valence-electron chi connectivity index (χ4n) is 1.24. The fraction of sp³-hybridized carbons (Fsp3) is 0.538. The lowest BCUT2D eigenvalue weighted by molar-refractivity contribution is 0.0473. The highest BCUT2D eigenvalue weighted by Crippen LogP contribution is 2.18. The first-order chi connectivity index (χ1) is 8.22. The molecule has 0 fully saturated rings. The van der Waals surface area contributed by atoms with Crippen molar-refractivity contribution in [2.75, 3.05) is 19.0 Å². The molecule has 0 saturated heterocycles. The van der Waals surface area contributed by atoms with E-state index in [1.54, 1.807) is 12.1 Å². The third kappa shape index (κ3) is 6.66. The van der Waals surface area contributed by atoms with Crippen molar-refractivity contribution in [1.29, 1.82) is 0 Å². The van der Waals surface area contributed by atoms with E-state index in [0.29, 0.717) is 19.0 Å². The van der Waals surface area contributed by atoms with Gasteiger partial charge in [0.15, 0.2) is 0 Å². The molecule has 0 aliphatic rings. The molecule has 96 valence electrons. The van der Waals surface area contributed by atoms with Gasteiger partial charge in [-0.25, -0.2) is 4.39 Å². The first kappa shape index (κ1) is 14.5. The molecule has 2 nitrogen and oxygen atoms in total. The molecule has 1 unspecified atom stereocenters. The number of aliphatic hydroxyl groups is 1. The van der Waals surface area contributed by atoms with Gasteiger partial charge in [-0.2, -0.15) is 0 Å². The molecule has 0 saturated carbocycles. The van der Waals surface area contributed by atoms with E-state index in [0.717, 1.165) is 17.7 Å². The number of aliphatic hydroxyl groups excluding tert-OH is 1. The number of thioether (sulfide) groups is 1. The van der Waals surface area contributed by atoms with E-state index >= 15 is 0 Å². The Morgan fingerprint density at radius 3 is 2.71 bits per heavy atom. The van der Waals surface area contributed by atoms with E-state index < -0.39 is 6.10 Å². The van der Waals surface area contributed by atoms with Crippen LogP contribution < -0.4 is 0 Å². The van der Waals surface area contributed by atoms with Crippen LogP contribution in [-0.4, -0.2) is 30.2 Å². The molecular formula is C13H19FO2S. The molecule has 17 heavy (non-hydrogen) atoms. The highest BCUT2D eigenvalue weighted by molar-refractivity contribution is 7.99. The smallest absolute Gasteiger partial charge is 0.123 e. The second kappa shape index (κ2) is 8.50. The third-order valence-corrected chi connectivity index (χ3v) is 3.37. The van der Waals surface area contributed by atoms with Crippen molar-refractivity contribution in [1.82, 2.24) is 0 Å². The Morgan fingerprint density at radius 2 is 2.06 bits per heavy atom. The number of hydrogen-bond donors (Lipinski definition) is 1. The van der Waals surface area contributed by atoms with Crippen LogP contribution in [0.3, 0.4) is 0 Å². The number of halogens is 1. The van der Waals surface area contributed by atoms with Crippen LogP contribution in [0.4, 0.5) is 4.39 Å². The SMILES string of the molecule is CCCCOCC(O)CSc1ccc(F)cc1. The first-order valence-electron chi connectivity index (χ1n) is 5.86. The minimum Gasteiger partial charge on any atom is -0.390 e. The summed E-state index contributed by atoms with van der Waals surface area (Å²) in [5, 5.41) is 9.64. The van der Waals surface area contributed by atoms with Gasteiger partial charge in [0.2, 0.25) is 0 Å². The van der Waals surface area contributed by atoms with Gasteiger partial charge in [0.25, 0.3) is 0 Å². The van der Waals surface area contributed by atoms with Gasteiger partial charge in [0.05, 0.1) is 12.7 Å². The van der Waals surface area contributed by atoms with E-state index in [2.05, 4.69) is 6.92 Å². The molecule has 1 aromatic rings. The lowest BCUT2D eigenvalue weighted by Crippen LogP contribution is -2.18. The Morgan fingerprint density at radius 1 is 1.35 bits per heavy atom. The third-order valence-electron chi connectivity index (χ3n) is 2.21. The molecule has 0 heterocycles. The number of unbranched alkanes of at least 4 members (excludes halogenated alkanes) is 1. The van der Waals surface area contributed by atoms with Gasteiger partial charge >= 0.3 is 0 Å². The van der Waals surface area contributed by atoms with Crippen LogP contribution in [-0.2, 0) is 4.74 Å². The first-order valence-corrected chi connectivity index (χ1v) is 6.85. The quantitative estimate of drug-likeness (QED) is 0.574. The predicted molar refractivity (Wildman–Crippen MR) is 68.9 cm³/mol. The van der Waals surface area contributed by atoms with Crippen LogP contribution in [0, 0.1) is 5.82 Å². The summed E-state index contributed by atoms with van der Waals surface area (Å²) in [6.45, 7) is 3.17. The Balaban J connectivity index is 2.14. The van der Waals surface area contributed by atoms with Crippen LogP contribution in [0.1, 0.15) is 19.8 Å². The molecule has 1 rings (SSSR count). The molecule has 0 aliphatic heterocycles. The maximum Gasteiger partial charge on any atom is 0.123 e. The van der Waals surface area contributed by atoms with Gasteiger partial charge < -0.3 is 9.84 Å². The van der Waals surface area contributed by atoms with E-state index in [4.69, 9.17) is 4.74 Å². The van der Waals surface area contributed by atoms with Gasteiger partial charge in [-0.3, -0.25) is 0 Å². The zero-order chi connectivity index (χ0) is 12.5. The molecule has 0 amide bonds. The van der Waals surface area contributed by atoms with Crippen molar-refractivity contribution in [3.63, 3.8) is 0 Å². The zero-order valence-corrected chi connectivity index (χ0v) is 10.9. The van der Waals surface area contributed by atoms with E-state index in [1.165, 1.54) is 23.9 Å². The average molecular weight is 258 g/mol. The highest BCUT2D eigenvalue weighted by Gasteiger charge is 2.05. The van der Waals surface area contributed by atoms with Crippen LogP contribution >= 0.6 is 11.8 Å². The molecular weight excluding hydrogens is 239 g/mol. The van der Waals surface area contributed by atoms with Crippen LogP contribution in [0.2, 0.25) is 0 Å². The summed E-state index contributed by atoms with van der Waals surface area (Å²) >= 11 is 1.50. The fourth-order valence-corrected chi connectivity index (χ4v) is 2.05. The van der Waals surface area contributed by atoms with Crippen molar-refractivity contribution in [2.24, 2.45) is 0 Å². The normalized spacial score (nSPS) is 12.6. The molecule has 4 heteroatoms. The van der Waals surface area contributed by atoms with E-state index in [9.17, 15) is 9.50 Å². The molecule has 0 spiro atoms. The molecule has 1 N–H and O–H groups in total. The average Bonchev–Trinajstić information content (AvgIpc) is 2.34. The molecule has 0 aliphatic carbocycles.